The summed E-state index contributed by atoms with van der Waals surface area (Å²) in [6.07, 6.45) is 8.27. The number of carbonyl (C=O) groups excluding carboxylic acids is 1. The molecule has 0 bridgehead atoms. The molecule has 2 heterocycles. The van der Waals surface area contributed by atoms with Gasteiger partial charge in [0, 0.05) is 39.6 Å². The number of guanidine groups is 1. The van der Waals surface area contributed by atoms with Gasteiger partial charge in [-0.3, -0.25) is 9.79 Å². The number of halogens is 1. The van der Waals surface area contributed by atoms with Crippen molar-refractivity contribution in [3.05, 3.63) is 35.4 Å². The van der Waals surface area contributed by atoms with E-state index in [2.05, 4.69) is 44.8 Å². The number of nitrogens with zero attached hydrogens (tertiary/aromatic N) is 3. The molecule has 0 spiro atoms. The summed E-state index contributed by atoms with van der Waals surface area (Å²) in [6, 6.07) is 8.37. The van der Waals surface area contributed by atoms with Crippen molar-refractivity contribution in [3.8, 4) is 0 Å². The molecule has 2 N–H and O–H groups in total. The minimum atomic E-state index is 0. The van der Waals surface area contributed by atoms with Gasteiger partial charge in [-0.25, -0.2) is 0 Å². The third-order valence-electron chi connectivity index (χ3n) is 5.96. The van der Waals surface area contributed by atoms with Crippen molar-refractivity contribution in [2.75, 3.05) is 39.8 Å². The maximum atomic E-state index is 12.0. The molecule has 0 atom stereocenters. The predicted octanol–water partition coefficient (Wildman–Crippen LogP) is 3.36. The SMILES string of the molecule is CN=C(NCCCN1CCCCCC1)NCc1ccccc1CN1CCCC1=O.I. The van der Waals surface area contributed by atoms with E-state index in [4.69, 9.17) is 0 Å². The minimum absolute atomic E-state index is 0. The smallest absolute Gasteiger partial charge is 0.222 e. The number of amides is 1. The Bertz CT molecular complexity index is 673. The normalized spacial score (nSPS) is 18.1. The van der Waals surface area contributed by atoms with Crippen molar-refractivity contribution in [2.45, 2.75) is 58.0 Å². The summed E-state index contributed by atoms with van der Waals surface area (Å²) in [6.45, 7) is 6.90. The van der Waals surface area contributed by atoms with Gasteiger partial charge in [0.15, 0.2) is 5.96 Å². The molecule has 30 heavy (non-hydrogen) atoms. The third-order valence-corrected chi connectivity index (χ3v) is 5.96. The lowest BCUT2D eigenvalue weighted by atomic mass is 10.1. The lowest BCUT2D eigenvalue weighted by molar-refractivity contribution is -0.128. The van der Waals surface area contributed by atoms with Crippen molar-refractivity contribution in [3.63, 3.8) is 0 Å². The molecule has 3 rings (SSSR count). The topological polar surface area (TPSA) is 60.0 Å². The van der Waals surface area contributed by atoms with Gasteiger partial charge in [-0.1, -0.05) is 37.1 Å². The number of carbonyl (C=O) groups is 1. The number of benzene rings is 1. The van der Waals surface area contributed by atoms with E-state index in [0.717, 1.165) is 38.4 Å². The predicted molar refractivity (Wildman–Crippen MR) is 134 cm³/mol. The van der Waals surface area contributed by atoms with Crippen LogP contribution in [-0.4, -0.2) is 61.4 Å². The van der Waals surface area contributed by atoms with Crippen molar-refractivity contribution < 1.29 is 4.79 Å². The van der Waals surface area contributed by atoms with Crippen molar-refractivity contribution in [2.24, 2.45) is 4.99 Å². The zero-order valence-corrected chi connectivity index (χ0v) is 20.7. The van der Waals surface area contributed by atoms with Crippen LogP contribution >= 0.6 is 24.0 Å². The van der Waals surface area contributed by atoms with Gasteiger partial charge in [-0.2, -0.15) is 0 Å². The molecule has 2 aliphatic heterocycles. The largest absolute Gasteiger partial charge is 0.356 e. The molecule has 1 aromatic carbocycles. The highest BCUT2D eigenvalue weighted by atomic mass is 127. The Balaban J connectivity index is 0.00000320. The second kappa shape index (κ2) is 13.9. The van der Waals surface area contributed by atoms with Crippen LogP contribution < -0.4 is 10.6 Å². The maximum absolute atomic E-state index is 12.0. The van der Waals surface area contributed by atoms with Crippen LogP contribution in [-0.2, 0) is 17.9 Å². The van der Waals surface area contributed by atoms with E-state index in [9.17, 15) is 4.79 Å². The van der Waals surface area contributed by atoms with Gasteiger partial charge < -0.3 is 20.4 Å². The van der Waals surface area contributed by atoms with Crippen molar-refractivity contribution >= 4 is 35.8 Å². The molecule has 1 aromatic rings. The molecule has 0 radical (unpaired) electrons. The van der Waals surface area contributed by atoms with E-state index in [1.165, 1.54) is 49.9 Å². The third kappa shape index (κ3) is 8.06. The minimum Gasteiger partial charge on any atom is -0.356 e. The molecule has 1 amide bonds. The summed E-state index contributed by atoms with van der Waals surface area (Å²) in [5, 5.41) is 6.87. The Morgan fingerprint density at radius 1 is 1.00 bits per heavy atom. The van der Waals surface area contributed by atoms with Gasteiger partial charge in [-0.15, -0.1) is 24.0 Å². The summed E-state index contributed by atoms with van der Waals surface area (Å²) < 4.78 is 0. The van der Waals surface area contributed by atoms with E-state index < -0.39 is 0 Å². The molecule has 0 aromatic heterocycles. The zero-order chi connectivity index (χ0) is 20.3. The Morgan fingerprint density at radius 2 is 1.73 bits per heavy atom. The van der Waals surface area contributed by atoms with Gasteiger partial charge in [-0.05, 0) is 56.4 Å². The Hall–Kier alpha value is -1.35. The number of hydrogen-bond donors (Lipinski definition) is 2. The maximum Gasteiger partial charge on any atom is 0.222 e. The number of rotatable bonds is 8. The lowest BCUT2D eigenvalue weighted by Gasteiger charge is -2.20. The molecular formula is C23H38IN5O. The average Bonchev–Trinajstić information content (AvgIpc) is 2.98. The summed E-state index contributed by atoms with van der Waals surface area (Å²) >= 11 is 0. The van der Waals surface area contributed by atoms with Crippen LogP contribution in [0.25, 0.3) is 0 Å². The van der Waals surface area contributed by atoms with Gasteiger partial charge >= 0.3 is 0 Å². The second-order valence-electron chi connectivity index (χ2n) is 8.15. The monoisotopic (exact) mass is 527 g/mol. The van der Waals surface area contributed by atoms with Crippen LogP contribution in [0.15, 0.2) is 29.3 Å². The molecule has 0 aliphatic carbocycles. The highest BCUT2D eigenvalue weighted by Gasteiger charge is 2.20. The zero-order valence-electron chi connectivity index (χ0n) is 18.4. The first-order valence-electron chi connectivity index (χ1n) is 11.3. The van der Waals surface area contributed by atoms with E-state index in [0.29, 0.717) is 19.5 Å². The van der Waals surface area contributed by atoms with Crippen LogP contribution in [0.3, 0.4) is 0 Å². The molecule has 7 heteroatoms. The van der Waals surface area contributed by atoms with Crippen LogP contribution in [0.5, 0.6) is 0 Å². The van der Waals surface area contributed by atoms with Gasteiger partial charge in [0.2, 0.25) is 5.91 Å². The number of hydrogen-bond acceptors (Lipinski definition) is 3. The molecular weight excluding hydrogens is 489 g/mol. The Labute approximate surface area is 198 Å². The number of nitrogens with one attached hydrogen (secondary N) is 2. The fourth-order valence-corrected chi connectivity index (χ4v) is 4.23. The standard InChI is InChI=1S/C23H37N5O.HI/c1-24-23(25-13-9-16-27-14-6-2-3-7-15-27)26-18-20-10-4-5-11-21(20)19-28-17-8-12-22(28)29;/h4-5,10-11H,2-3,6-9,12-19H2,1H3,(H2,24,25,26);1H. The van der Waals surface area contributed by atoms with Crippen molar-refractivity contribution in [1.29, 1.82) is 0 Å². The summed E-state index contributed by atoms with van der Waals surface area (Å²) in [5.74, 6) is 1.11. The van der Waals surface area contributed by atoms with Crippen LogP contribution in [0.4, 0.5) is 0 Å². The first-order valence-corrected chi connectivity index (χ1v) is 11.3. The van der Waals surface area contributed by atoms with E-state index in [1.807, 2.05) is 11.9 Å². The van der Waals surface area contributed by atoms with E-state index >= 15 is 0 Å². The molecule has 2 aliphatic rings. The Morgan fingerprint density at radius 3 is 2.40 bits per heavy atom. The van der Waals surface area contributed by atoms with Crippen molar-refractivity contribution in [1.82, 2.24) is 20.4 Å². The molecule has 6 nitrogen and oxygen atoms in total. The van der Waals surface area contributed by atoms with E-state index in [1.54, 1.807) is 0 Å². The van der Waals surface area contributed by atoms with Gasteiger partial charge in [0.1, 0.15) is 0 Å². The molecule has 168 valence electrons. The summed E-state index contributed by atoms with van der Waals surface area (Å²) in [4.78, 5) is 20.9. The molecule has 2 saturated heterocycles. The Kier molecular flexibility index (Phi) is 11.5. The van der Waals surface area contributed by atoms with Crippen LogP contribution in [0, 0.1) is 0 Å². The number of likely N-dealkylation sites (tertiary alicyclic amines) is 2. The average molecular weight is 527 g/mol. The summed E-state index contributed by atoms with van der Waals surface area (Å²) in [5.41, 5.74) is 2.44. The molecule has 0 saturated carbocycles. The van der Waals surface area contributed by atoms with Crippen LogP contribution in [0.2, 0.25) is 0 Å². The van der Waals surface area contributed by atoms with Crippen LogP contribution in [0.1, 0.15) is 56.1 Å². The molecule has 2 fully saturated rings. The van der Waals surface area contributed by atoms with E-state index in [-0.39, 0.29) is 29.9 Å². The summed E-state index contributed by atoms with van der Waals surface area (Å²) in [7, 11) is 1.82. The first-order chi connectivity index (χ1) is 14.3. The van der Waals surface area contributed by atoms with Gasteiger partial charge in [0.05, 0.1) is 0 Å². The molecule has 0 unspecified atom stereocenters. The fourth-order valence-electron chi connectivity index (χ4n) is 4.23. The second-order valence-corrected chi connectivity index (χ2v) is 8.15. The first kappa shape index (κ1) is 24.9. The lowest BCUT2D eigenvalue weighted by Crippen LogP contribution is -2.38. The number of aliphatic imine (C=N–C) groups is 1. The quantitative estimate of drug-likeness (QED) is 0.236. The highest BCUT2D eigenvalue weighted by molar-refractivity contribution is 14.0. The van der Waals surface area contributed by atoms with Gasteiger partial charge in [0.25, 0.3) is 0 Å². The highest BCUT2D eigenvalue weighted by Crippen LogP contribution is 2.17. The fraction of sp³-hybridized carbons (Fsp3) is 0.652.